The molecule has 0 amide bonds. The quantitative estimate of drug-likeness (QED) is 0.435. The number of nitrogens with two attached hydrogens (primary N) is 1. The van der Waals surface area contributed by atoms with Crippen LogP contribution in [0.15, 0.2) is 42.6 Å². The minimum Gasteiger partial charge on any atom is -0.382 e. The van der Waals surface area contributed by atoms with Crippen molar-refractivity contribution < 1.29 is 17.6 Å². The topological polar surface area (TPSA) is 63.0 Å². The second-order valence-electron chi connectivity index (χ2n) is 7.65. The molecule has 1 aliphatic heterocycles. The Kier molecular flexibility index (Phi) is 5.90. The molecule has 164 valence electrons. The first-order chi connectivity index (χ1) is 14.7. The minimum atomic E-state index is -4.35. The molecule has 1 aliphatic rings. The van der Waals surface area contributed by atoms with Gasteiger partial charge < -0.3 is 16.4 Å². The fourth-order valence-corrected chi connectivity index (χ4v) is 4.43. The third-order valence-corrected chi connectivity index (χ3v) is 6.56. The summed E-state index contributed by atoms with van der Waals surface area (Å²) in [6.45, 7) is 3.02. The molecule has 1 aromatic heterocycles. The van der Waals surface area contributed by atoms with Crippen LogP contribution in [0.25, 0.3) is 10.4 Å². The summed E-state index contributed by atoms with van der Waals surface area (Å²) in [5, 5.41) is 6.89. The van der Waals surface area contributed by atoms with Gasteiger partial charge in [0.25, 0.3) is 0 Å². The molecule has 4 rings (SSSR count). The van der Waals surface area contributed by atoms with Crippen LogP contribution < -0.4 is 16.4 Å². The lowest BCUT2D eigenvalue weighted by Crippen LogP contribution is -2.34. The fourth-order valence-electron chi connectivity index (χ4n) is 3.62. The van der Waals surface area contributed by atoms with E-state index in [1.807, 2.05) is 13.0 Å². The van der Waals surface area contributed by atoms with E-state index in [1.54, 1.807) is 6.20 Å². The number of nitrogens with zero attached hydrogens (tertiary/aromatic N) is 1. The SMILES string of the molecule is C[C@@H](c1ccc(C(F)(F)F)cc1)[C@H](N)CNc1ncc(-c2cc(F)c3c(c2)CCN3)s1. The summed E-state index contributed by atoms with van der Waals surface area (Å²) in [6.07, 6.45) is -1.87. The summed E-state index contributed by atoms with van der Waals surface area (Å²) in [5.41, 5.74) is 8.65. The van der Waals surface area contributed by atoms with Crippen molar-refractivity contribution in [1.82, 2.24) is 4.98 Å². The average Bonchev–Trinajstić information content (AvgIpc) is 3.40. The number of rotatable bonds is 6. The highest BCUT2D eigenvalue weighted by Crippen LogP contribution is 2.35. The Bertz CT molecular complexity index is 1060. The highest BCUT2D eigenvalue weighted by molar-refractivity contribution is 7.18. The number of fused-ring (bicyclic) bond motifs is 1. The van der Waals surface area contributed by atoms with E-state index >= 15 is 0 Å². The summed E-state index contributed by atoms with van der Waals surface area (Å²) < 4.78 is 52.5. The van der Waals surface area contributed by atoms with Crippen molar-refractivity contribution in [2.24, 2.45) is 5.73 Å². The van der Waals surface area contributed by atoms with E-state index in [0.29, 0.717) is 17.4 Å². The Hall–Kier alpha value is -2.65. The van der Waals surface area contributed by atoms with Gasteiger partial charge in [-0.15, -0.1) is 0 Å². The number of nitrogens with one attached hydrogen (secondary N) is 2. The molecule has 4 nitrogen and oxygen atoms in total. The Morgan fingerprint density at radius 2 is 1.97 bits per heavy atom. The molecule has 0 bridgehead atoms. The third kappa shape index (κ3) is 4.67. The van der Waals surface area contributed by atoms with Gasteiger partial charge in [0.15, 0.2) is 5.13 Å². The smallest absolute Gasteiger partial charge is 0.382 e. The van der Waals surface area contributed by atoms with E-state index in [9.17, 15) is 17.6 Å². The lowest BCUT2D eigenvalue weighted by molar-refractivity contribution is -0.137. The molecule has 2 aromatic carbocycles. The van der Waals surface area contributed by atoms with Gasteiger partial charge in [0, 0.05) is 25.3 Å². The zero-order valence-corrected chi connectivity index (χ0v) is 17.6. The average molecular weight is 451 g/mol. The van der Waals surface area contributed by atoms with E-state index in [0.717, 1.165) is 46.7 Å². The van der Waals surface area contributed by atoms with E-state index in [-0.39, 0.29) is 17.8 Å². The summed E-state index contributed by atoms with van der Waals surface area (Å²) in [7, 11) is 0. The van der Waals surface area contributed by atoms with E-state index in [2.05, 4.69) is 15.6 Å². The normalized spacial score (nSPS) is 15.3. The molecule has 0 aliphatic carbocycles. The number of aromatic nitrogens is 1. The van der Waals surface area contributed by atoms with Crippen molar-refractivity contribution in [3.8, 4) is 10.4 Å². The number of thiazole rings is 1. The molecule has 0 unspecified atom stereocenters. The number of benzene rings is 2. The Labute approximate surface area is 181 Å². The van der Waals surface area contributed by atoms with Crippen LogP contribution in [-0.2, 0) is 12.6 Å². The van der Waals surface area contributed by atoms with Gasteiger partial charge in [0.1, 0.15) is 5.82 Å². The largest absolute Gasteiger partial charge is 0.416 e. The molecule has 9 heteroatoms. The highest BCUT2D eigenvalue weighted by atomic mass is 32.1. The van der Waals surface area contributed by atoms with Gasteiger partial charge in [-0.05, 0) is 53.3 Å². The van der Waals surface area contributed by atoms with E-state index in [4.69, 9.17) is 5.73 Å². The van der Waals surface area contributed by atoms with E-state index < -0.39 is 11.7 Å². The maximum atomic E-state index is 14.3. The van der Waals surface area contributed by atoms with Crippen molar-refractivity contribution in [3.63, 3.8) is 0 Å². The molecule has 0 saturated carbocycles. The monoisotopic (exact) mass is 450 g/mol. The summed E-state index contributed by atoms with van der Waals surface area (Å²) in [6, 6.07) is 8.24. The molecule has 4 N–H and O–H groups in total. The van der Waals surface area contributed by atoms with Crippen LogP contribution in [0, 0.1) is 5.82 Å². The molecular formula is C22H22F4N4S. The van der Waals surface area contributed by atoms with Gasteiger partial charge >= 0.3 is 6.18 Å². The number of halogens is 4. The van der Waals surface area contributed by atoms with Crippen molar-refractivity contribution in [2.75, 3.05) is 23.7 Å². The first-order valence-electron chi connectivity index (χ1n) is 9.91. The number of hydrogen-bond donors (Lipinski definition) is 3. The van der Waals surface area contributed by atoms with Gasteiger partial charge in [-0.25, -0.2) is 9.37 Å². The van der Waals surface area contributed by atoms with Crippen molar-refractivity contribution in [3.05, 3.63) is 65.1 Å². The molecule has 2 atom stereocenters. The van der Waals surface area contributed by atoms with Gasteiger partial charge in [-0.1, -0.05) is 30.4 Å². The first kappa shape index (κ1) is 21.6. The molecule has 0 saturated heterocycles. The third-order valence-electron chi connectivity index (χ3n) is 5.55. The predicted molar refractivity (Wildman–Crippen MR) is 116 cm³/mol. The first-order valence-corrected chi connectivity index (χ1v) is 10.7. The lowest BCUT2D eigenvalue weighted by atomic mass is 9.93. The lowest BCUT2D eigenvalue weighted by Gasteiger charge is -2.21. The van der Waals surface area contributed by atoms with Crippen LogP contribution in [0.1, 0.15) is 29.5 Å². The standard InChI is InChI=1S/C22H22F4N4S/c1-12(13-2-4-16(5-3-13)22(24,25)26)18(27)10-29-21-30-11-19(31-21)15-8-14-6-7-28-20(14)17(23)9-15/h2-5,8-9,11-12,18,28H,6-7,10,27H2,1H3,(H,29,30)/t12-,18+/m0/s1. The predicted octanol–water partition coefficient (Wildman–Crippen LogP) is 5.48. The van der Waals surface area contributed by atoms with E-state index in [1.165, 1.54) is 29.5 Å². The van der Waals surface area contributed by atoms with Gasteiger partial charge in [0.05, 0.1) is 16.1 Å². The number of alkyl halides is 3. The van der Waals surface area contributed by atoms with Crippen LogP contribution in [0.5, 0.6) is 0 Å². The second kappa shape index (κ2) is 8.47. The number of anilines is 2. The molecule has 31 heavy (non-hydrogen) atoms. The maximum absolute atomic E-state index is 14.3. The molecule has 2 heterocycles. The Morgan fingerprint density at radius 1 is 1.23 bits per heavy atom. The molecule has 0 fully saturated rings. The number of hydrogen-bond acceptors (Lipinski definition) is 5. The summed E-state index contributed by atoms with van der Waals surface area (Å²) in [4.78, 5) is 5.19. The second-order valence-corrected chi connectivity index (χ2v) is 8.68. The molecule has 0 radical (unpaired) electrons. The van der Waals surface area contributed by atoms with Gasteiger partial charge in [0.2, 0.25) is 0 Å². The molecule has 0 spiro atoms. The van der Waals surface area contributed by atoms with Crippen molar-refractivity contribution in [1.29, 1.82) is 0 Å². The molecule has 3 aromatic rings. The minimum absolute atomic E-state index is 0.146. The fraction of sp³-hybridized carbons (Fsp3) is 0.318. The maximum Gasteiger partial charge on any atom is 0.416 e. The van der Waals surface area contributed by atoms with Crippen molar-refractivity contribution >= 4 is 22.2 Å². The Balaban J connectivity index is 1.39. The van der Waals surface area contributed by atoms with Crippen LogP contribution in [0.4, 0.5) is 28.4 Å². The Morgan fingerprint density at radius 3 is 2.68 bits per heavy atom. The van der Waals surface area contributed by atoms with Crippen LogP contribution in [0.2, 0.25) is 0 Å². The van der Waals surface area contributed by atoms with Gasteiger partial charge in [-0.2, -0.15) is 13.2 Å². The van der Waals surface area contributed by atoms with Crippen LogP contribution in [0.3, 0.4) is 0 Å². The summed E-state index contributed by atoms with van der Waals surface area (Å²) in [5.74, 6) is -0.409. The zero-order chi connectivity index (χ0) is 22.2. The van der Waals surface area contributed by atoms with Crippen LogP contribution in [-0.4, -0.2) is 24.1 Å². The highest BCUT2D eigenvalue weighted by Gasteiger charge is 2.30. The summed E-state index contributed by atoms with van der Waals surface area (Å²) >= 11 is 1.40. The molecular weight excluding hydrogens is 428 g/mol. The zero-order valence-electron chi connectivity index (χ0n) is 16.8. The van der Waals surface area contributed by atoms with Gasteiger partial charge in [-0.3, -0.25) is 0 Å². The van der Waals surface area contributed by atoms with Crippen molar-refractivity contribution in [2.45, 2.75) is 31.5 Å². The van der Waals surface area contributed by atoms with Crippen LogP contribution >= 0.6 is 11.3 Å².